The summed E-state index contributed by atoms with van der Waals surface area (Å²) in [6, 6.07) is 0. The monoisotopic (exact) mass is 272 g/mol. The minimum absolute atomic E-state index is 0.130. The molecule has 19 heavy (non-hydrogen) atoms. The molecule has 6 nitrogen and oxygen atoms in total. The fourth-order valence-electron chi connectivity index (χ4n) is 2.07. The molecule has 1 rings (SSSR count). The molecule has 0 spiro atoms. The van der Waals surface area contributed by atoms with Crippen molar-refractivity contribution >= 4 is 12.1 Å². The van der Waals surface area contributed by atoms with Gasteiger partial charge in [0.1, 0.15) is 0 Å². The Kier molecular flexibility index (Phi) is 6.62. The van der Waals surface area contributed by atoms with Crippen molar-refractivity contribution in [3.05, 3.63) is 0 Å². The maximum Gasteiger partial charge on any atom is 0.409 e. The fraction of sp³-hybridized carbons (Fsp3) is 0.846. The van der Waals surface area contributed by atoms with E-state index < -0.39 is 0 Å². The number of nitrogens with zero attached hydrogens (tertiary/aromatic N) is 2. The van der Waals surface area contributed by atoms with E-state index in [9.17, 15) is 9.59 Å². The van der Waals surface area contributed by atoms with Crippen LogP contribution in [0.1, 0.15) is 20.8 Å². The van der Waals surface area contributed by atoms with Crippen LogP contribution in [-0.4, -0.2) is 67.8 Å². The lowest BCUT2D eigenvalue weighted by Crippen LogP contribution is -2.50. The first-order valence-electron chi connectivity index (χ1n) is 6.89. The topological polar surface area (TPSA) is 59.1 Å². The Bertz CT molecular complexity index is 301. The average molecular weight is 272 g/mol. The fourth-order valence-corrected chi connectivity index (χ4v) is 2.07. The first-order chi connectivity index (χ1) is 9.08. The number of ether oxygens (including phenoxy) is 2. The third kappa shape index (κ3) is 5.06. The van der Waals surface area contributed by atoms with Crippen molar-refractivity contribution in [3.63, 3.8) is 0 Å². The second kappa shape index (κ2) is 7.99. The molecule has 6 heteroatoms. The Morgan fingerprint density at radius 1 is 1.05 bits per heavy atom. The highest BCUT2D eigenvalue weighted by molar-refractivity contribution is 5.72. The number of rotatable bonds is 5. The number of piperazine rings is 1. The summed E-state index contributed by atoms with van der Waals surface area (Å²) in [5.74, 6) is -0.288. The van der Waals surface area contributed by atoms with E-state index in [1.807, 2.05) is 13.8 Å². The van der Waals surface area contributed by atoms with E-state index in [2.05, 4.69) is 4.90 Å². The quantitative estimate of drug-likeness (QED) is 0.698. The molecule has 1 fully saturated rings. The van der Waals surface area contributed by atoms with Gasteiger partial charge in [-0.15, -0.1) is 0 Å². The molecular weight excluding hydrogens is 248 g/mol. The van der Waals surface area contributed by atoms with Crippen LogP contribution >= 0.6 is 0 Å². The molecule has 0 radical (unpaired) electrons. The van der Waals surface area contributed by atoms with Crippen molar-refractivity contribution in [1.82, 2.24) is 9.80 Å². The average Bonchev–Trinajstić information content (AvgIpc) is 2.40. The van der Waals surface area contributed by atoms with Gasteiger partial charge in [-0.3, -0.25) is 9.69 Å². The Labute approximate surface area is 114 Å². The van der Waals surface area contributed by atoms with Gasteiger partial charge in [-0.25, -0.2) is 4.79 Å². The molecule has 0 N–H and O–H groups in total. The standard InChI is InChI=1S/C13H24N2O4/c1-4-18-12(16)11(3)10-14-6-8-15(9-7-14)13(17)19-5-2/h11H,4-10H2,1-3H3. The van der Waals surface area contributed by atoms with E-state index in [1.165, 1.54) is 0 Å². The summed E-state index contributed by atoms with van der Waals surface area (Å²) in [6.45, 7) is 9.80. The van der Waals surface area contributed by atoms with Crippen LogP contribution in [0.5, 0.6) is 0 Å². The molecule has 0 bridgehead atoms. The minimum Gasteiger partial charge on any atom is -0.466 e. The van der Waals surface area contributed by atoms with Gasteiger partial charge >= 0.3 is 12.1 Å². The molecule has 0 saturated carbocycles. The van der Waals surface area contributed by atoms with Crippen LogP contribution in [0.3, 0.4) is 0 Å². The van der Waals surface area contributed by atoms with Crippen molar-refractivity contribution in [2.75, 3.05) is 45.9 Å². The molecule has 1 saturated heterocycles. The van der Waals surface area contributed by atoms with E-state index >= 15 is 0 Å². The third-order valence-corrected chi connectivity index (χ3v) is 3.12. The molecule has 1 heterocycles. The number of hydrogen-bond donors (Lipinski definition) is 0. The first kappa shape index (κ1) is 15.8. The highest BCUT2D eigenvalue weighted by atomic mass is 16.6. The van der Waals surface area contributed by atoms with Crippen LogP contribution in [-0.2, 0) is 14.3 Å². The Hall–Kier alpha value is -1.30. The van der Waals surface area contributed by atoms with E-state index in [1.54, 1.807) is 11.8 Å². The zero-order valence-corrected chi connectivity index (χ0v) is 12.1. The maximum atomic E-state index is 11.5. The van der Waals surface area contributed by atoms with Crippen LogP contribution in [0, 0.1) is 5.92 Å². The highest BCUT2D eigenvalue weighted by Crippen LogP contribution is 2.08. The zero-order valence-electron chi connectivity index (χ0n) is 12.1. The normalized spacial score (nSPS) is 17.9. The summed E-state index contributed by atoms with van der Waals surface area (Å²) >= 11 is 0. The summed E-state index contributed by atoms with van der Waals surface area (Å²) in [6.07, 6.45) is -0.249. The van der Waals surface area contributed by atoms with E-state index in [-0.39, 0.29) is 18.0 Å². The highest BCUT2D eigenvalue weighted by Gasteiger charge is 2.24. The summed E-state index contributed by atoms with van der Waals surface area (Å²) < 4.78 is 9.95. The lowest BCUT2D eigenvalue weighted by atomic mass is 10.1. The minimum atomic E-state index is -0.249. The van der Waals surface area contributed by atoms with Gasteiger partial charge < -0.3 is 14.4 Å². The molecule has 0 aliphatic carbocycles. The largest absolute Gasteiger partial charge is 0.466 e. The Balaban J connectivity index is 2.30. The third-order valence-electron chi connectivity index (χ3n) is 3.12. The molecule has 1 amide bonds. The summed E-state index contributed by atoms with van der Waals surface area (Å²) in [4.78, 5) is 27.0. The summed E-state index contributed by atoms with van der Waals surface area (Å²) in [5.41, 5.74) is 0. The number of carbonyl (C=O) groups excluding carboxylic acids is 2. The SMILES string of the molecule is CCOC(=O)C(C)CN1CCN(C(=O)OCC)CC1. The Morgan fingerprint density at radius 3 is 2.16 bits per heavy atom. The number of hydrogen-bond acceptors (Lipinski definition) is 5. The molecule has 110 valence electrons. The maximum absolute atomic E-state index is 11.5. The lowest BCUT2D eigenvalue weighted by Gasteiger charge is -2.34. The molecule has 0 aromatic heterocycles. The molecule has 1 unspecified atom stereocenters. The van der Waals surface area contributed by atoms with Gasteiger partial charge in [0.25, 0.3) is 0 Å². The van der Waals surface area contributed by atoms with Crippen molar-refractivity contribution in [2.45, 2.75) is 20.8 Å². The van der Waals surface area contributed by atoms with Gasteiger partial charge in [-0.1, -0.05) is 6.92 Å². The van der Waals surface area contributed by atoms with Gasteiger partial charge in [0.05, 0.1) is 19.1 Å². The molecule has 1 aliphatic rings. The second-order valence-corrected chi connectivity index (χ2v) is 4.64. The molecular formula is C13H24N2O4. The summed E-state index contributed by atoms with van der Waals surface area (Å²) in [5, 5.41) is 0. The van der Waals surface area contributed by atoms with E-state index in [0.29, 0.717) is 32.8 Å². The molecule has 1 aliphatic heterocycles. The smallest absolute Gasteiger partial charge is 0.409 e. The van der Waals surface area contributed by atoms with Gasteiger partial charge in [0, 0.05) is 32.7 Å². The Morgan fingerprint density at radius 2 is 1.63 bits per heavy atom. The number of carbonyl (C=O) groups is 2. The van der Waals surface area contributed by atoms with Crippen LogP contribution in [0.15, 0.2) is 0 Å². The number of amides is 1. The molecule has 0 aromatic rings. The summed E-state index contributed by atoms with van der Waals surface area (Å²) in [7, 11) is 0. The first-order valence-corrected chi connectivity index (χ1v) is 6.89. The predicted octanol–water partition coefficient (Wildman–Crippen LogP) is 0.960. The van der Waals surface area contributed by atoms with E-state index in [4.69, 9.17) is 9.47 Å². The van der Waals surface area contributed by atoms with Crippen LogP contribution < -0.4 is 0 Å². The molecule has 1 atom stereocenters. The van der Waals surface area contributed by atoms with Gasteiger partial charge in [-0.05, 0) is 13.8 Å². The van der Waals surface area contributed by atoms with E-state index in [0.717, 1.165) is 13.1 Å². The van der Waals surface area contributed by atoms with Crippen LogP contribution in [0.25, 0.3) is 0 Å². The van der Waals surface area contributed by atoms with Gasteiger partial charge in [0.15, 0.2) is 0 Å². The van der Waals surface area contributed by atoms with Gasteiger partial charge in [-0.2, -0.15) is 0 Å². The van der Waals surface area contributed by atoms with Crippen molar-refractivity contribution < 1.29 is 19.1 Å². The van der Waals surface area contributed by atoms with Gasteiger partial charge in [0.2, 0.25) is 0 Å². The predicted molar refractivity (Wildman–Crippen MR) is 70.8 cm³/mol. The van der Waals surface area contributed by atoms with Crippen LogP contribution in [0.2, 0.25) is 0 Å². The van der Waals surface area contributed by atoms with Crippen molar-refractivity contribution in [1.29, 1.82) is 0 Å². The van der Waals surface area contributed by atoms with Crippen LogP contribution in [0.4, 0.5) is 4.79 Å². The molecule has 0 aromatic carbocycles. The van der Waals surface area contributed by atoms with Crippen molar-refractivity contribution in [2.24, 2.45) is 5.92 Å². The number of esters is 1. The van der Waals surface area contributed by atoms with Crippen molar-refractivity contribution in [3.8, 4) is 0 Å². The second-order valence-electron chi connectivity index (χ2n) is 4.64. The lowest BCUT2D eigenvalue weighted by molar-refractivity contribution is -0.148. The zero-order chi connectivity index (χ0) is 14.3.